The van der Waals surface area contributed by atoms with E-state index in [1.165, 1.54) is 44.5 Å². The number of para-hydroxylation sites is 7. The summed E-state index contributed by atoms with van der Waals surface area (Å²) in [5, 5.41) is 10.8. The fourth-order valence-electron chi connectivity index (χ4n) is 17.6. The predicted octanol–water partition coefficient (Wildman–Crippen LogP) is 25.5. The van der Waals surface area contributed by atoms with E-state index in [-0.39, 0.29) is 22.9 Å². The molecule has 2 unspecified atom stereocenters. The van der Waals surface area contributed by atoms with E-state index in [1.807, 2.05) is 12.1 Å². The number of fused-ring (bicyclic) bond motifs is 20. The molecule has 464 valence electrons. The minimum Gasteiger partial charge on any atom is -0.483 e. The number of anilines is 6. The summed E-state index contributed by atoms with van der Waals surface area (Å²) in [6.45, 7) is 9.54. The van der Waals surface area contributed by atoms with Crippen LogP contribution in [0.25, 0.3) is 132 Å². The maximum atomic E-state index is 7.16. The zero-order valence-corrected chi connectivity index (χ0v) is 54.4. The quantitative estimate of drug-likeness (QED) is 0.141. The number of rotatable bonds is 8. The molecule has 14 aromatic carbocycles. The van der Waals surface area contributed by atoms with Gasteiger partial charge < -0.3 is 27.8 Å². The van der Waals surface area contributed by atoms with Crippen LogP contribution >= 0.6 is 0 Å². The molecule has 0 spiro atoms. The topological polar surface area (TPSA) is 55.1 Å². The molecule has 0 amide bonds. The maximum absolute atomic E-state index is 7.16. The van der Waals surface area contributed by atoms with Gasteiger partial charge in [-0.25, -0.2) is 0 Å². The molecule has 6 nitrogen and oxygen atoms in total. The highest BCUT2D eigenvalue weighted by molar-refractivity contribution is 6.24. The van der Waals surface area contributed by atoms with Crippen molar-refractivity contribution in [2.24, 2.45) is 0 Å². The molecular formula is C92H62N2O4. The molecular weight excluding hydrogens is 1200 g/mol. The largest absolute Gasteiger partial charge is 0.483 e. The van der Waals surface area contributed by atoms with Gasteiger partial charge in [-0.3, -0.25) is 0 Å². The number of furan rings is 3. The SMILES string of the molecule is CC1(C)c2ccccc2-c2ccc(-c3c4ccc(N(c5cccc6c5oc5ccccc56)c5cccc6c5oc5ccccc56)cc4c(-c4ccc5c(c4)C(C)(C)c4ccccc4-5)c4ccc(N(c5cccc6c5OC5C=CC=CC65)c5cccc6c5oc5ccccc56)cc34)cc21. The number of ether oxygens (including phenoxy) is 1. The lowest BCUT2D eigenvalue weighted by molar-refractivity contribution is 0.269. The van der Waals surface area contributed by atoms with Crippen molar-refractivity contribution in [2.45, 2.75) is 50.5 Å². The van der Waals surface area contributed by atoms with Gasteiger partial charge in [0.1, 0.15) is 28.6 Å². The Balaban J connectivity index is 0.894. The Morgan fingerprint density at radius 3 is 1.19 bits per heavy atom. The zero-order valence-electron chi connectivity index (χ0n) is 54.4. The van der Waals surface area contributed by atoms with Crippen molar-refractivity contribution in [2.75, 3.05) is 9.80 Å². The Morgan fingerprint density at radius 2 is 0.704 bits per heavy atom. The van der Waals surface area contributed by atoms with E-state index in [0.29, 0.717) is 0 Å². The van der Waals surface area contributed by atoms with Gasteiger partial charge in [-0.15, -0.1) is 0 Å². The molecule has 4 heterocycles. The minimum absolute atomic E-state index is 0.0790. The van der Waals surface area contributed by atoms with Crippen LogP contribution in [0, 0.1) is 0 Å². The van der Waals surface area contributed by atoms with Gasteiger partial charge in [0.15, 0.2) is 16.7 Å². The summed E-state index contributed by atoms with van der Waals surface area (Å²) in [4.78, 5) is 4.78. The summed E-state index contributed by atoms with van der Waals surface area (Å²) < 4.78 is 28.3. The van der Waals surface area contributed by atoms with Crippen LogP contribution in [0.3, 0.4) is 0 Å². The van der Waals surface area contributed by atoms with Crippen molar-refractivity contribution >= 4 is 121 Å². The molecule has 0 N–H and O–H groups in total. The summed E-state index contributed by atoms with van der Waals surface area (Å²) in [5.74, 6) is 0.942. The molecule has 0 saturated carbocycles. The van der Waals surface area contributed by atoms with Crippen molar-refractivity contribution < 1.29 is 18.0 Å². The first-order chi connectivity index (χ1) is 48.1. The third kappa shape index (κ3) is 7.68. The van der Waals surface area contributed by atoms with Crippen LogP contribution in [0.2, 0.25) is 0 Å². The van der Waals surface area contributed by atoms with Crippen LogP contribution in [0.15, 0.2) is 304 Å². The van der Waals surface area contributed by atoms with Gasteiger partial charge in [0, 0.05) is 66.0 Å². The van der Waals surface area contributed by atoms with Gasteiger partial charge in [-0.1, -0.05) is 234 Å². The third-order valence-corrected chi connectivity index (χ3v) is 22.2. The van der Waals surface area contributed by atoms with E-state index in [1.54, 1.807) is 0 Å². The summed E-state index contributed by atoms with van der Waals surface area (Å²) in [5.41, 5.74) is 26.0. The van der Waals surface area contributed by atoms with E-state index >= 15 is 0 Å². The smallest absolute Gasteiger partial charge is 0.159 e. The average molecular weight is 1260 g/mol. The van der Waals surface area contributed by atoms with Crippen molar-refractivity contribution in [1.82, 2.24) is 0 Å². The average Bonchev–Trinajstić information content (AvgIpc) is 1.08. The second-order valence-electron chi connectivity index (χ2n) is 28.1. The predicted molar refractivity (Wildman–Crippen MR) is 404 cm³/mol. The van der Waals surface area contributed by atoms with E-state index in [2.05, 4.69) is 317 Å². The number of nitrogens with zero attached hydrogens (tertiary/aromatic N) is 2. The van der Waals surface area contributed by atoms with Gasteiger partial charge in [0.05, 0.1) is 22.7 Å². The van der Waals surface area contributed by atoms with Crippen molar-refractivity contribution in [1.29, 1.82) is 0 Å². The van der Waals surface area contributed by atoms with Gasteiger partial charge in [0.2, 0.25) is 0 Å². The normalized spacial score (nSPS) is 15.9. The third-order valence-electron chi connectivity index (χ3n) is 22.2. The van der Waals surface area contributed by atoms with Crippen molar-refractivity contribution in [3.8, 4) is 50.3 Å². The van der Waals surface area contributed by atoms with Crippen LogP contribution in [0.4, 0.5) is 34.1 Å². The van der Waals surface area contributed by atoms with Gasteiger partial charge in [-0.2, -0.15) is 0 Å². The Hall–Kier alpha value is -12.1. The molecule has 98 heavy (non-hydrogen) atoms. The summed E-state index contributed by atoms with van der Waals surface area (Å²) in [7, 11) is 0. The van der Waals surface area contributed by atoms with Gasteiger partial charge in [-0.05, 0) is 173 Å². The molecule has 2 atom stereocenters. The number of benzene rings is 14. The van der Waals surface area contributed by atoms with Crippen molar-refractivity contribution in [3.63, 3.8) is 0 Å². The van der Waals surface area contributed by atoms with Gasteiger partial charge >= 0.3 is 0 Å². The monoisotopic (exact) mass is 1260 g/mol. The van der Waals surface area contributed by atoms with E-state index in [4.69, 9.17) is 18.0 Å². The van der Waals surface area contributed by atoms with Crippen LogP contribution < -0.4 is 14.5 Å². The maximum Gasteiger partial charge on any atom is 0.159 e. The number of hydrogen-bond acceptors (Lipinski definition) is 6. The Morgan fingerprint density at radius 1 is 0.306 bits per heavy atom. The van der Waals surface area contributed by atoms with E-state index < -0.39 is 0 Å². The second kappa shape index (κ2) is 20.2. The first-order valence-electron chi connectivity index (χ1n) is 34.1. The summed E-state index contributed by atoms with van der Waals surface area (Å²) in [6.07, 6.45) is 8.59. The molecule has 3 aliphatic carbocycles. The summed E-state index contributed by atoms with van der Waals surface area (Å²) in [6, 6.07) is 98.2. The molecule has 3 aromatic heterocycles. The van der Waals surface area contributed by atoms with Crippen LogP contribution in [-0.2, 0) is 10.8 Å². The lowest BCUT2D eigenvalue weighted by Gasteiger charge is -2.29. The lowest BCUT2D eigenvalue weighted by Crippen LogP contribution is -2.16. The molecule has 6 heteroatoms. The molecule has 1 aliphatic heterocycles. The first-order valence-corrected chi connectivity index (χ1v) is 34.1. The molecule has 0 bridgehead atoms. The molecule has 0 fully saturated rings. The Kier molecular flexibility index (Phi) is 11.4. The van der Waals surface area contributed by atoms with Crippen LogP contribution in [0.1, 0.15) is 61.4 Å². The molecule has 17 aromatic rings. The van der Waals surface area contributed by atoms with E-state index in [9.17, 15) is 0 Å². The Labute approximate surface area is 565 Å². The highest BCUT2D eigenvalue weighted by atomic mass is 16.5. The standard InChI is InChI=1S/C92H62N2O4/c1-91(2)73-31-11-5-21-57(73)59-45-41-53(49-75(59)91)85-65-47-43-56(94(79-35-19-29-69-63-25-9-15-39-83(63)97-89(69)79)80-36-20-30-70-64-26-10-16-40-84(64)98-90(70)80)52-72(65)86(54-42-46-60-58-22-6-12-32-74(58)92(3,4)76(60)50-54)66-48-44-55(51-71(66)85)93(77-33-17-27-67-61-23-7-13-37-81(61)95-87(67)77)78-34-18-28-68-62-24-8-14-38-82(62)96-88(68)78/h5-52,61,81H,1-4H3. The molecule has 0 radical (unpaired) electrons. The lowest BCUT2D eigenvalue weighted by atomic mass is 9.79. The first kappa shape index (κ1) is 55.2. The van der Waals surface area contributed by atoms with Gasteiger partial charge in [0.25, 0.3) is 0 Å². The highest BCUT2D eigenvalue weighted by Gasteiger charge is 2.40. The minimum atomic E-state index is -0.271. The van der Waals surface area contributed by atoms with E-state index in [0.717, 1.165) is 155 Å². The zero-order chi connectivity index (χ0) is 64.9. The fraction of sp³-hybridized carbons (Fsp3) is 0.0870. The number of hydrogen-bond donors (Lipinski definition) is 0. The Bertz CT molecular complexity index is 6290. The van der Waals surface area contributed by atoms with Crippen molar-refractivity contribution in [3.05, 3.63) is 319 Å². The molecule has 4 aliphatic rings. The fourth-order valence-corrected chi connectivity index (χ4v) is 17.6. The molecule has 0 saturated heterocycles. The molecule has 21 rings (SSSR count). The van der Waals surface area contributed by atoms with Crippen LogP contribution in [0.5, 0.6) is 5.75 Å². The number of allylic oxidation sites excluding steroid dienone is 2. The summed E-state index contributed by atoms with van der Waals surface area (Å²) >= 11 is 0. The highest BCUT2D eigenvalue weighted by Crippen LogP contribution is 2.58. The second-order valence-corrected chi connectivity index (χ2v) is 28.1. The van der Waals surface area contributed by atoms with Crippen LogP contribution in [-0.4, -0.2) is 6.10 Å².